The van der Waals surface area contributed by atoms with Gasteiger partial charge in [0, 0.05) is 17.0 Å². The first-order chi connectivity index (χ1) is 14.4. The fraction of sp³-hybridized carbons (Fsp3) is 0.458. The Morgan fingerprint density at radius 1 is 1.17 bits per heavy atom. The second kappa shape index (κ2) is 9.61. The number of pyridine rings is 1. The largest absolute Gasteiger partial charge is 0.491 e. The molecule has 6 heteroatoms. The molecule has 1 amide bonds. The maximum atomic E-state index is 13.0. The number of carbonyl (C=O) groups excluding carboxylic acids is 2. The summed E-state index contributed by atoms with van der Waals surface area (Å²) in [6.07, 6.45) is 3.80. The molecule has 3 rings (SSSR count). The zero-order valence-corrected chi connectivity index (χ0v) is 18.6. The molecule has 1 aromatic heterocycles. The summed E-state index contributed by atoms with van der Waals surface area (Å²) >= 11 is 6.18. The van der Waals surface area contributed by atoms with Crippen molar-refractivity contribution < 1.29 is 14.3 Å². The van der Waals surface area contributed by atoms with Gasteiger partial charge in [0.25, 0.3) is 5.91 Å². The molecule has 160 valence electrons. The summed E-state index contributed by atoms with van der Waals surface area (Å²) in [5.41, 5.74) is 0.736. The quantitative estimate of drug-likeness (QED) is 0.545. The molecular weight excluding hydrogens is 400 g/mol. The number of aromatic nitrogens is 1. The Morgan fingerprint density at radius 2 is 1.90 bits per heavy atom. The van der Waals surface area contributed by atoms with Gasteiger partial charge in [-0.25, -0.2) is 4.98 Å². The van der Waals surface area contributed by atoms with E-state index in [0.717, 1.165) is 5.56 Å². The summed E-state index contributed by atoms with van der Waals surface area (Å²) in [5, 5.41) is 3.53. The highest BCUT2D eigenvalue weighted by Gasteiger charge is 2.35. The highest BCUT2D eigenvalue weighted by Crippen LogP contribution is 2.34. The summed E-state index contributed by atoms with van der Waals surface area (Å²) < 4.78 is 6.00. The van der Waals surface area contributed by atoms with Crippen LogP contribution in [0.5, 0.6) is 5.75 Å². The Morgan fingerprint density at radius 3 is 2.50 bits per heavy atom. The van der Waals surface area contributed by atoms with E-state index in [0.29, 0.717) is 48.3 Å². The predicted octanol–water partition coefficient (Wildman–Crippen LogP) is 5.46. The topological polar surface area (TPSA) is 68.3 Å². The lowest BCUT2D eigenvalue weighted by atomic mass is 9.86. The van der Waals surface area contributed by atoms with Crippen LogP contribution in [-0.2, 0) is 4.79 Å². The standard InChI is InChI=1S/C24H29ClN2O3/c1-4-21(28)24(5-2,6-3)27-23(29)19-12-13-20(30-15-16-10-11-16)22(26-19)17-8-7-9-18(25)14-17/h7-9,12-14,16H,4-6,10-11,15H2,1-3H3,(H,27,29). The van der Waals surface area contributed by atoms with E-state index in [1.165, 1.54) is 12.8 Å². The van der Waals surface area contributed by atoms with Crippen molar-refractivity contribution in [3.63, 3.8) is 0 Å². The molecule has 30 heavy (non-hydrogen) atoms. The van der Waals surface area contributed by atoms with E-state index in [1.54, 1.807) is 24.3 Å². The van der Waals surface area contributed by atoms with E-state index in [-0.39, 0.29) is 17.4 Å². The zero-order chi connectivity index (χ0) is 21.7. The lowest BCUT2D eigenvalue weighted by Crippen LogP contribution is -2.53. The minimum atomic E-state index is -0.870. The summed E-state index contributed by atoms with van der Waals surface area (Å²) in [5.74, 6) is 0.885. The number of Topliss-reactive ketones (excluding diaryl/α,β-unsaturated/α-hetero) is 1. The second-order valence-electron chi connectivity index (χ2n) is 7.83. The monoisotopic (exact) mass is 428 g/mol. The molecule has 0 aliphatic heterocycles. The average Bonchev–Trinajstić information content (AvgIpc) is 3.60. The SMILES string of the molecule is CCC(=O)C(CC)(CC)NC(=O)c1ccc(OCC2CC2)c(-c2cccc(Cl)c2)n1. The Bertz CT molecular complexity index is 920. The summed E-state index contributed by atoms with van der Waals surface area (Å²) in [6, 6.07) is 10.8. The van der Waals surface area contributed by atoms with Gasteiger partial charge in [0.05, 0.1) is 12.1 Å². The van der Waals surface area contributed by atoms with Gasteiger partial charge in [0.1, 0.15) is 17.1 Å². The Balaban J connectivity index is 1.93. The molecule has 2 aromatic rings. The number of nitrogens with one attached hydrogen (secondary N) is 1. The number of amides is 1. The smallest absolute Gasteiger partial charge is 0.270 e. The molecule has 0 unspecified atom stereocenters. The van der Waals surface area contributed by atoms with Crippen LogP contribution in [0.2, 0.25) is 5.02 Å². The van der Waals surface area contributed by atoms with Crippen molar-refractivity contribution in [2.24, 2.45) is 5.92 Å². The Kier molecular flexibility index (Phi) is 7.14. The molecule has 0 atom stereocenters. The van der Waals surface area contributed by atoms with Crippen molar-refractivity contribution in [3.05, 3.63) is 47.1 Å². The molecule has 1 aromatic carbocycles. The van der Waals surface area contributed by atoms with Crippen LogP contribution >= 0.6 is 11.6 Å². The third kappa shape index (κ3) is 5.01. The lowest BCUT2D eigenvalue weighted by molar-refractivity contribution is -0.125. The molecule has 0 radical (unpaired) electrons. The van der Waals surface area contributed by atoms with E-state index in [4.69, 9.17) is 16.3 Å². The van der Waals surface area contributed by atoms with E-state index in [9.17, 15) is 9.59 Å². The minimum absolute atomic E-state index is 0.0281. The zero-order valence-electron chi connectivity index (χ0n) is 17.8. The third-order valence-corrected chi connectivity index (χ3v) is 6.01. The Hall–Kier alpha value is -2.40. The molecule has 1 saturated carbocycles. The molecule has 1 aliphatic rings. The number of rotatable bonds is 10. The first-order valence-corrected chi connectivity index (χ1v) is 11.1. The number of nitrogens with zero attached hydrogens (tertiary/aromatic N) is 1. The number of ether oxygens (including phenoxy) is 1. The highest BCUT2D eigenvalue weighted by atomic mass is 35.5. The van der Waals surface area contributed by atoms with Crippen molar-refractivity contribution in [1.29, 1.82) is 0 Å². The first kappa shape index (κ1) is 22.3. The van der Waals surface area contributed by atoms with E-state index >= 15 is 0 Å². The van der Waals surface area contributed by atoms with E-state index in [2.05, 4.69) is 10.3 Å². The predicted molar refractivity (Wildman–Crippen MR) is 119 cm³/mol. The third-order valence-electron chi connectivity index (χ3n) is 5.78. The van der Waals surface area contributed by atoms with Crippen LogP contribution in [0.4, 0.5) is 0 Å². The van der Waals surface area contributed by atoms with Gasteiger partial charge in [0.2, 0.25) is 0 Å². The van der Waals surface area contributed by atoms with Crippen LogP contribution in [0.15, 0.2) is 36.4 Å². The molecule has 0 saturated heterocycles. The first-order valence-electron chi connectivity index (χ1n) is 10.7. The number of hydrogen-bond donors (Lipinski definition) is 1. The van der Waals surface area contributed by atoms with Gasteiger partial charge in [-0.3, -0.25) is 9.59 Å². The van der Waals surface area contributed by atoms with Gasteiger partial charge in [0.15, 0.2) is 5.78 Å². The molecule has 0 bridgehead atoms. The maximum absolute atomic E-state index is 13.0. The minimum Gasteiger partial charge on any atom is -0.491 e. The highest BCUT2D eigenvalue weighted by molar-refractivity contribution is 6.30. The summed E-state index contributed by atoms with van der Waals surface area (Å²) in [7, 11) is 0. The van der Waals surface area contributed by atoms with Crippen molar-refractivity contribution in [3.8, 4) is 17.0 Å². The fourth-order valence-electron chi connectivity index (χ4n) is 3.53. The van der Waals surface area contributed by atoms with Crippen molar-refractivity contribution in [2.75, 3.05) is 6.61 Å². The van der Waals surface area contributed by atoms with Crippen molar-refractivity contribution in [1.82, 2.24) is 10.3 Å². The van der Waals surface area contributed by atoms with Gasteiger partial charge in [-0.2, -0.15) is 0 Å². The van der Waals surface area contributed by atoms with Crippen LogP contribution in [0.3, 0.4) is 0 Å². The number of carbonyl (C=O) groups is 2. The van der Waals surface area contributed by atoms with E-state index < -0.39 is 5.54 Å². The molecule has 0 spiro atoms. The van der Waals surface area contributed by atoms with Crippen molar-refractivity contribution >= 4 is 23.3 Å². The number of hydrogen-bond acceptors (Lipinski definition) is 4. The molecule has 5 nitrogen and oxygen atoms in total. The molecular formula is C24H29ClN2O3. The normalized spacial score (nSPS) is 13.7. The van der Waals surface area contributed by atoms with E-state index in [1.807, 2.05) is 32.9 Å². The summed E-state index contributed by atoms with van der Waals surface area (Å²) in [4.78, 5) is 30.2. The van der Waals surface area contributed by atoms with Gasteiger partial charge in [-0.1, -0.05) is 44.5 Å². The van der Waals surface area contributed by atoms with Crippen molar-refractivity contribution in [2.45, 2.75) is 58.4 Å². The maximum Gasteiger partial charge on any atom is 0.270 e. The number of benzene rings is 1. The van der Waals surface area contributed by atoms with Crippen LogP contribution in [0.1, 0.15) is 63.4 Å². The molecule has 1 N–H and O–H groups in total. The molecule has 1 aliphatic carbocycles. The average molecular weight is 429 g/mol. The molecule has 1 heterocycles. The van der Waals surface area contributed by atoms with Gasteiger partial charge in [-0.05, 0) is 55.9 Å². The Labute approximate surface area is 183 Å². The second-order valence-corrected chi connectivity index (χ2v) is 8.26. The van der Waals surface area contributed by atoms with Crippen LogP contribution < -0.4 is 10.1 Å². The number of halogens is 1. The van der Waals surface area contributed by atoms with Gasteiger partial charge < -0.3 is 10.1 Å². The molecule has 1 fully saturated rings. The lowest BCUT2D eigenvalue weighted by Gasteiger charge is -2.31. The number of ketones is 1. The fourth-order valence-corrected chi connectivity index (χ4v) is 3.72. The van der Waals surface area contributed by atoms with Gasteiger partial charge >= 0.3 is 0 Å². The van der Waals surface area contributed by atoms with Gasteiger partial charge in [-0.15, -0.1) is 0 Å². The van der Waals surface area contributed by atoms with Crippen LogP contribution in [-0.4, -0.2) is 28.8 Å². The van der Waals surface area contributed by atoms with Crippen LogP contribution in [0.25, 0.3) is 11.3 Å². The van der Waals surface area contributed by atoms with Crippen LogP contribution in [0, 0.1) is 5.92 Å². The summed E-state index contributed by atoms with van der Waals surface area (Å²) in [6.45, 7) is 6.28.